The van der Waals surface area contributed by atoms with Gasteiger partial charge in [0.2, 0.25) is 0 Å². The summed E-state index contributed by atoms with van der Waals surface area (Å²) in [4.78, 5) is 0. The lowest BCUT2D eigenvalue weighted by molar-refractivity contribution is -0.0377. The maximum Gasteiger partial charge on any atom is 0.165 e. The molecule has 0 bridgehead atoms. The van der Waals surface area contributed by atoms with Gasteiger partial charge in [-0.2, -0.15) is 0 Å². The summed E-state index contributed by atoms with van der Waals surface area (Å²) in [5.74, 6) is 0.957. The van der Waals surface area contributed by atoms with E-state index in [1.54, 1.807) is 13.2 Å². The average Bonchev–Trinajstić information content (AvgIpc) is 2.80. The van der Waals surface area contributed by atoms with Crippen LogP contribution in [0.15, 0.2) is 78.9 Å². The van der Waals surface area contributed by atoms with Gasteiger partial charge in [0.25, 0.3) is 0 Å². The minimum atomic E-state index is -1.38. The third-order valence-electron chi connectivity index (χ3n) is 5.28. The number of benzene rings is 3. The molecule has 0 spiro atoms. The molecule has 2 atom stereocenters. The summed E-state index contributed by atoms with van der Waals surface area (Å²) >= 11 is 0. The highest BCUT2D eigenvalue weighted by atomic mass is 16.5. The second-order valence-corrected chi connectivity index (χ2v) is 6.78. The third-order valence-corrected chi connectivity index (χ3v) is 5.28. The molecule has 0 amide bonds. The number of ether oxygens (including phenoxy) is 2. The molecule has 0 saturated carbocycles. The number of aliphatic hydroxyl groups is 3. The third kappa shape index (κ3) is 3.60. The molecule has 3 aromatic carbocycles. The fourth-order valence-electron chi connectivity index (χ4n) is 3.97. The van der Waals surface area contributed by atoms with Crippen LogP contribution in [0.4, 0.5) is 0 Å². The molecule has 3 aromatic rings. The molecule has 0 aliphatic carbocycles. The van der Waals surface area contributed by atoms with Crippen LogP contribution in [0.1, 0.15) is 16.7 Å². The predicted octanol–water partition coefficient (Wildman–Crippen LogP) is 2.75. The summed E-state index contributed by atoms with van der Waals surface area (Å²) in [6, 6.07) is 24.2. The number of hydrogen-bond acceptors (Lipinski definition) is 5. The first-order valence-electron chi connectivity index (χ1n) is 9.40. The highest BCUT2D eigenvalue weighted by molar-refractivity contribution is 5.60. The van der Waals surface area contributed by atoms with E-state index in [0.29, 0.717) is 17.1 Å². The maximum absolute atomic E-state index is 11.5. The Bertz CT molecular complexity index is 872. The van der Waals surface area contributed by atoms with Gasteiger partial charge >= 0.3 is 0 Å². The number of methoxy groups -OCH3 is 2. The highest BCUT2D eigenvalue weighted by Crippen LogP contribution is 2.49. The molecular weight excluding hydrogens is 368 g/mol. The molecule has 5 heteroatoms. The predicted molar refractivity (Wildman–Crippen MR) is 111 cm³/mol. The quantitative estimate of drug-likeness (QED) is 0.512. The van der Waals surface area contributed by atoms with Gasteiger partial charge in [-0.05, 0) is 17.2 Å². The first-order valence-corrected chi connectivity index (χ1v) is 9.40. The van der Waals surface area contributed by atoms with Crippen LogP contribution < -0.4 is 9.47 Å². The number of hydrogen-bond donors (Lipinski definition) is 3. The molecule has 3 N–H and O–H groups in total. The van der Waals surface area contributed by atoms with Crippen molar-refractivity contribution < 1.29 is 24.8 Å². The Morgan fingerprint density at radius 1 is 0.759 bits per heavy atom. The van der Waals surface area contributed by atoms with Crippen molar-refractivity contribution >= 4 is 0 Å². The van der Waals surface area contributed by atoms with Gasteiger partial charge in [0.1, 0.15) is 12.2 Å². The topological polar surface area (TPSA) is 79.2 Å². The van der Waals surface area contributed by atoms with Crippen molar-refractivity contribution in [1.29, 1.82) is 0 Å². The SMILES string of the molecule is COc1cccc(C(c2ccccc2)(c2ccccc2)C(O)C(O)CO)c1OC. The molecular formula is C24H26O5. The van der Waals surface area contributed by atoms with Gasteiger partial charge in [-0.15, -0.1) is 0 Å². The minimum Gasteiger partial charge on any atom is -0.493 e. The second kappa shape index (κ2) is 9.09. The zero-order chi connectivity index (χ0) is 20.9. The Kier molecular flexibility index (Phi) is 6.54. The normalized spacial score (nSPS) is 13.6. The molecule has 0 aliphatic heterocycles. The second-order valence-electron chi connectivity index (χ2n) is 6.78. The summed E-state index contributed by atoms with van der Waals surface area (Å²) in [7, 11) is 3.09. The van der Waals surface area contributed by atoms with E-state index in [2.05, 4.69) is 0 Å². The molecule has 2 unspecified atom stereocenters. The maximum atomic E-state index is 11.5. The summed E-state index contributed by atoms with van der Waals surface area (Å²) in [5.41, 5.74) is 0.900. The molecule has 29 heavy (non-hydrogen) atoms. The van der Waals surface area contributed by atoms with Crippen molar-refractivity contribution in [3.05, 3.63) is 95.6 Å². The van der Waals surface area contributed by atoms with E-state index in [1.165, 1.54) is 7.11 Å². The van der Waals surface area contributed by atoms with E-state index in [0.717, 1.165) is 11.1 Å². The van der Waals surface area contributed by atoms with Gasteiger partial charge in [-0.1, -0.05) is 72.8 Å². The molecule has 5 nitrogen and oxygen atoms in total. The summed E-state index contributed by atoms with van der Waals surface area (Å²) in [6.45, 7) is -0.588. The molecule has 0 heterocycles. The average molecular weight is 394 g/mol. The van der Waals surface area contributed by atoms with Crippen LogP contribution in [0.2, 0.25) is 0 Å². The van der Waals surface area contributed by atoms with Crippen LogP contribution in [0, 0.1) is 0 Å². The van der Waals surface area contributed by atoms with Gasteiger partial charge in [0.15, 0.2) is 11.5 Å². The van der Waals surface area contributed by atoms with Crippen LogP contribution in [0.3, 0.4) is 0 Å². The molecule has 0 saturated heterocycles. The van der Waals surface area contributed by atoms with Crippen molar-refractivity contribution in [2.45, 2.75) is 17.6 Å². The van der Waals surface area contributed by atoms with E-state index in [1.807, 2.05) is 72.8 Å². The first-order chi connectivity index (χ1) is 14.1. The standard InChI is InChI=1S/C24H26O5/c1-28-21-15-9-14-19(22(21)29-2)24(23(27)20(26)16-25,17-10-5-3-6-11-17)18-12-7-4-8-13-18/h3-15,20,23,25-27H,16H2,1-2H3. The van der Waals surface area contributed by atoms with Gasteiger partial charge in [-0.3, -0.25) is 0 Å². The Morgan fingerprint density at radius 3 is 1.76 bits per heavy atom. The molecule has 152 valence electrons. The summed E-state index contributed by atoms with van der Waals surface area (Å²) in [6.07, 6.45) is -2.75. The largest absolute Gasteiger partial charge is 0.493 e. The van der Waals surface area contributed by atoms with E-state index < -0.39 is 24.2 Å². The lowest BCUT2D eigenvalue weighted by atomic mass is 9.64. The van der Waals surface area contributed by atoms with Crippen LogP contribution in [0.5, 0.6) is 11.5 Å². The number of para-hydroxylation sites is 1. The van der Waals surface area contributed by atoms with Crippen molar-refractivity contribution in [2.75, 3.05) is 20.8 Å². The fraction of sp³-hybridized carbons (Fsp3) is 0.250. The Balaban J connectivity index is 2.47. The summed E-state index contributed by atoms with van der Waals surface area (Å²) < 4.78 is 11.2. The number of aliphatic hydroxyl groups excluding tert-OH is 3. The van der Waals surface area contributed by atoms with Gasteiger partial charge in [0, 0.05) is 5.56 Å². The van der Waals surface area contributed by atoms with Crippen molar-refractivity contribution in [3.8, 4) is 11.5 Å². The summed E-state index contributed by atoms with van der Waals surface area (Å²) in [5, 5.41) is 31.7. The zero-order valence-electron chi connectivity index (χ0n) is 16.5. The zero-order valence-corrected chi connectivity index (χ0v) is 16.5. The van der Waals surface area contributed by atoms with Crippen molar-refractivity contribution in [3.63, 3.8) is 0 Å². The highest BCUT2D eigenvalue weighted by Gasteiger charge is 2.48. The van der Waals surface area contributed by atoms with Crippen molar-refractivity contribution in [1.82, 2.24) is 0 Å². The molecule has 3 rings (SSSR count). The van der Waals surface area contributed by atoms with Gasteiger partial charge in [-0.25, -0.2) is 0 Å². The van der Waals surface area contributed by atoms with Crippen LogP contribution in [0.25, 0.3) is 0 Å². The molecule has 0 radical (unpaired) electrons. The van der Waals surface area contributed by atoms with E-state index in [4.69, 9.17) is 9.47 Å². The van der Waals surface area contributed by atoms with Gasteiger partial charge < -0.3 is 24.8 Å². The van der Waals surface area contributed by atoms with Crippen molar-refractivity contribution in [2.24, 2.45) is 0 Å². The monoisotopic (exact) mass is 394 g/mol. The van der Waals surface area contributed by atoms with E-state index >= 15 is 0 Å². The lowest BCUT2D eigenvalue weighted by Gasteiger charge is -2.42. The Hall–Kier alpha value is -2.86. The smallest absolute Gasteiger partial charge is 0.165 e. The minimum absolute atomic E-state index is 0.451. The van der Waals surface area contributed by atoms with E-state index in [-0.39, 0.29) is 0 Å². The Labute approximate surface area is 170 Å². The van der Waals surface area contributed by atoms with Gasteiger partial charge in [0.05, 0.1) is 26.2 Å². The van der Waals surface area contributed by atoms with Crippen LogP contribution >= 0.6 is 0 Å². The lowest BCUT2D eigenvalue weighted by Crippen LogP contribution is -2.50. The van der Waals surface area contributed by atoms with E-state index in [9.17, 15) is 15.3 Å². The number of rotatable bonds is 8. The molecule has 0 fully saturated rings. The molecule has 0 aliphatic rings. The van der Waals surface area contributed by atoms with Crippen LogP contribution in [-0.4, -0.2) is 48.4 Å². The first kappa shape index (κ1) is 20.9. The molecule has 0 aromatic heterocycles. The van der Waals surface area contributed by atoms with Crippen LogP contribution in [-0.2, 0) is 5.41 Å². The fourth-order valence-corrected chi connectivity index (χ4v) is 3.97. The Morgan fingerprint density at radius 2 is 1.31 bits per heavy atom.